The Bertz CT molecular complexity index is 820. The average Bonchev–Trinajstić information content (AvgIpc) is 3.46. The topological polar surface area (TPSA) is 192 Å². The number of carbonyl (C=O) groups excluding carboxylic acids is 3. The Balaban J connectivity index is 1.36. The highest BCUT2D eigenvalue weighted by Gasteiger charge is 2.42. The summed E-state index contributed by atoms with van der Waals surface area (Å²) in [5, 5.41) is 29.6. The molecule has 2 aliphatic heterocycles. The number of nitrogens with one attached hydrogen (secondary N) is 4. The van der Waals surface area contributed by atoms with Crippen molar-refractivity contribution in [3.63, 3.8) is 0 Å². The van der Waals surface area contributed by atoms with Gasteiger partial charge in [0.1, 0.15) is 0 Å². The molecular weight excluding hydrogens is 563 g/mol. The lowest BCUT2D eigenvalue weighted by atomic mass is 10.0. The standard InChI is InChI=1S/C25H43N4O9PS/c30-20(4-2-1-3-19-24-18(17-40-19)28-25(36)29-24)26-8-10-37-12-13-38-11-9-27-21(31)5-14-39(15-6-22(32)33)16-7-23(34)35/h18-19,24H,1-17H2,(H,26,30)(H,27,31)(H,32,33)(H,34,35)(H2,28,29,36)/t18-,19-,24-/m0/s1. The van der Waals surface area contributed by atoms with Gasteiger partial charge in [-0.05, 0) is 31.3 Å². The molecule has 2 fully saturated rings. The van der Waals surface area contributed by atoms with Gasteiger partial charge in [0.05, 0.1) is 38.5 Å². The molecule has 0 radical (unpaired) electrons. The molecule has 228 valence electrons. The van der Waals surface area contributed by atoms with E-state index < -0.39 is 19.9 Å². The molecule has 2 aliphatic rings. The van der Waals surface area contributed by atoms with E-state index >= 15 is 0 Å². The van der Waals surface area contributed by atoms with Crippen LogP contribution in [0.15, 0.2) is 0 Å². The van der Waals surface area contributed by atoms with Crippen molar-refractivity contribution < 1.29 is 43.7 Å². The van der Waals surface area contributed by atoms with Crippen molar-refractivity contribution in [2.75, 3.05) is 63.8 Å². The number of carboxylic acid groups (broad SMARTS) is 2. The Morgan fingerprint density at radius 3 is 2.00 bits per heavy atom. The molecule has 2 rings (SSSR count). The number of amides is 4. The quantitative estimate of drug-likeness (QED) is 0.0551. The first-order valence-electron chi connectivity index (χ1n) is 13.8. The predicted octanol–water partition coefficient (Wildman–Crippen LogP) is 0.799. The fourth-order valence-electron chi connectivity index (χ4n) is 4.40. The van der Waals surface area contributed by atoms with Gasteiger partial charge in [0.15, 0.2) is 0 Å². The molecule has 0 unspecified atom stereocenters. The van der Waals surface area contributed by atoms with Gasteiger partial charge in [-0.2, -0.15) is 11.8 Å². The number of carbonyl (C=O) groups is 5. The minimum atomic E-state index is -0.919. The summed E-state index contributed by atoms with van der Waals surface area (Å²) in [4.78, 5) is 57.0. The van der Waals surface area contributed by atoms with E-state index in [1.807, 2.05) is 11.8 Å². The van der Waals surface area contributed by atoms with Crippen LogP contribution in [-0.2, 0) is 28.7 Å². The second-order valence-electron chi connectivity index (χ2n) is 9.67. The minimum Gasteiger partial charge on any atom is -0.481 e. The highest BCUT2D eigenvalue weighted by molar-refractivity contribution is 8.00. The first-order chi connectivity index (χ1) is 19.2. The normalized spacial score (nSPS) is 19.6. The molecule has 3 atom stereocenters. The van der Waals surface area contributed by atoms with E-state index in [9.17, 15) is 24.0 Å². The molecular formula is C25H43N4O9PS. The van der Waals surface area contributed by atoms with Crippen LogP contribution in [0.3, 0.4) is 0 Å². The van der Waals surface area contributed by atoms with Crippen molar-refractivity contribution in [1.29, 1.82) is 0 Å². The van der Waals surface area contributed by atoms with Crippen LogP contribution >= 0.6 is 19.7 Å². The summed E-state index contributed by atoms with van der Waals surface area (Å²) in [6, 6.07) is 0.347. The van der Waals surface area contributed by atoms with Crippen molar-refractivity contribution in [3.8, 4) is 0 Å². The first-order valence-corrected chi connectivity index (χ1v) is 16.7. The number of thioether (sulfide) groups is 1. The molecule has 2 saturated heterocycles. The summed E-state index contributed by atoms with van der Waals surface area (Å²) in [5.74, 6) is -1.07. The lowest BCUT2D eigenvalue weighted by molar-refractivity contribution is -0.137. The SMILES string of the molecule is O=C(O)CCP(CCC(=O)O)CCC(=O)NCCOCCOCCNC(=O)CCCC[C@@H]1SC[C@@H]2NC(=O)N[C@@H]21. The van der Waals surface area contributed by atoms with Crippen molar-refractivity contribution in [3.05, 3.63) is 0 Å². The minimum absolute atomic E-state index is 0.000264. The average molecular weight is 607 g/mol. The number of hydrogen-bond acceptors (Lipinski definition) is 8. The van der Waals surface area contributed by atoms with E-state index in [1.165, 1.54) is 0 Å². The van der Waals surface area contributed by atoms with Crippen LogP contribution in [0.5, 0.6) is 0 Å². The lowest BCUT2D eigenvalue weighted by Gasteiger charge is -2.16. The molecule has 0 aromatic heterocycles. The van der Waals surface area contributed by atoms with Crippen LogP contribution in [0.1, 0.15) is 44.9 Å². The second kappa shape index (κ2) is 19.8. The maximum absolute atomic E-state index is 12.0. The zero-order chi connectivity index (χ0) is 29.2. The predicted molar refractivity (Wildman–Crippen MR) is 152 cm³/mol. The summed E-state index contributed by atoms with van der Waals surface area (Å²) in [6.07, 6.45) is 4.75. The van der Waals surface area contributed by atoms with Crippen LogP contribution in [-0.4, -0.2) is 121 Å². The van der Waals surface area contributed by atoms with Gasteiger partial charge in [0, 0.05) is 49.8 Å². The van der Waals surface area contributed by atoms with Gasteiger partial charge in [0.25, 0.3) is 0 Å². The lowest BCUT2D eigenvalue weighted by Crippen LogP contribution is -2.36. The summed E-state index contributed by atoms with van der Waals surface area (Å²) >= 11 is 1.88. The van der Waals surface area contributed by atoms with Crippen LogP contribution in [0, 0.1) is 0 Å². The van der Waals surface area contributed by atoms with E-state index in [4.69, 9.17) is 19.7 Å². The number of aliphatic carboxylic acids is 2. The van der Waals surface area contributed by atoms with E-state index in [0.29, 0.717) is 69.7 Å². The van der Waals surface area contributed by atoms with E-state index in [2.05, 4.69) is 21.3 Å². The maximum atomic E-state index is 12.0. The van der Waals surface area contributed by atoms with Gasteiger partial charge in [-0.15, -0.1) is 7.92 Å². The monoisotopic (exact) mass is 606 g/mol. The Morgan fingerprint density at radius 1 is 0.825 bits per heavy atom. The Morgan fingerprint density at radius 2 is 1.40 bits per heavy atom. The second-order valence-corrected chi connectivity index (χ2v) is 13.6. The molecule has 0 aromatic carbocycles. The number of hydrogen-bond donors (Lipinski definition) is 6. The van der Waals surface area contributed by atoms with Gasteiger partial charge in [-0.3, -0.25) is 19.2 Å². The maximum Gasteiger partial charge on any atom is 0.315 e. The summed E-state index contributed by atoms with van der Waals surface area (Å²) in [6.45, 7) is 2.19. The number of ether oxygens (including phenoxy) is 2. The number of unbranched alkanes of at least 4 members (excludes halogenated alkanes) is 1. The van der Waals surface area contributed by atoms with Gasteiger partial charge in [-0.25, -0.2) is 4.79 Å². The zero-order valence-corrected chi connectivity index (χ0v) is 24.6. The van der Waals surface area contributed by atoms with Crippen LogP contribution in [0.4, 0.5) is 4.79 Å². The number of rotatable bonds is 23. The first kappa shape index (κ1) is 34.1. The van der Waals surface area contributed by atoms with Gasteiger partial charge >= 0.3 is 18.0 Å². The van der Waals surface area contributed by atoms with Crippen molar-refractivity contribution in [1.82, 2.24) is 21.3 Å². The van der Waals surface area contributed by atoms with E-state index in [0.717, 1.165) is 25.0 Å². The molecule has 0 aromatic rings. The fourth-order valence-corrected chi connectivity index (χ4v) is 8.15. The third-order valence-corrected chi connectivity index (χ3v) is 10.6. The fraction of sp³-hybridized carbons (Fsp3) is 0.800. The molecule has 4 amide bonds. The molecule has 40 heavy (non-hydrogen) atoms. The van der Waals surface area contributed by atoms with Gasteiger partial charge < -0.3 is 41.0 Å². The largest absolute Gasteiger partial charge is 0.481 e. The smallest absolute Gasteiger partial charge is 0.315 e. The highest BCUT2D eigenvalue weighted by atomic mass is 32.2. The van der Waals surface area contributed by atoms with E-state index in [1.54, 1.807) is 0 Å². The summed E-state index contributed by atoms with van der Waals surface area (Å²) in [5.41, 5.74) is 0. The summed E-state index contributed by atoms with van der Waals surface area (Å²) in [7, 11) is -0.814. The molecule has 2 heterocycles. The van der Waals surface area contributed by atoms with Gasteiger partial charge in [-0.1, -0.05) is 6.42 Å². The number of urea groups is 1. The van der Waals surface area contributed by atoms with Gasteiger partial charge in [0.2, 0.25) is 11.8 Å². The number of carboxylic acids is 2. The summed E-state index contributed by atoms with van der Waals surface area (Å²) < 4.78 is 10.9. The van der Waals surface area contributed by atoms with E-state index in [-0.39, 0.29) is 49.2 Å². The molecule has 0 spiro atoms. The van der Waals surface area contributed by atoms with Crippen molar-refractivity contribution >= 4 is 49.5 Å². The molecule has 0 bridgehead atoms. The highest BCUT2D eigenvalue weighted by Crippen LogP contribution is 2.37. The molecule has 0 aliphatic carbocycles. The van der Waals surface area contributed by atoms with Crippen molar-refractivity contribution in [2.24, 2.45) is 0 Å². The van der Waals surface area contributed by atoms with Crippen molar-refractivity contribution in [2.45, 2.75) is 62.3 Å². The zero-order valence-electron chi connectivity index (χ0n) is 22.9. The van der Waals surface area contributed by atoms with Crippen LogP contribution in [0.2, 0.25) is 0 Å². The molecule has 0 saturated carbocycles. The molecule has 6 N–H and O–H groups in total. The molecule has 13 nitrogen and oxygen atoms in total. The number of fused-ring (bicyclic) bond motifs is 1. The van der Waals surface area contributed by atoms with Crippen LogP contribution in [0.25, 0.3) is 0 Å². The third kappa shape index (κ3) is 15.0. The Labute approximate surface area is 240 Å². The third-order valence-electron chi connectivity index (χ3n) is 6.53. The van der Waals surface area contributed by atoms with Crippen LogP contribution < -0.4 is 21.3 Å². The molecule has 15 heteroatoms. The Hall–Kier alpha value is -2.15. The Kier molecular flexibility index (Phi) is 16.9.